The highest BCUT2D eigenvalue weighted by Crippen LogP contribution is 2.10. The van der Waals surface area contributed by atoms with Crippen molar-refractivity contribution in [3.63, 3.8) is 0 Å². The van der Waals surface area contributed by atoms with Gasteiger partial charge in [0.2, 0.25) is 5.91 Å². The predicted molar refractivity (Wildman–Crippen MR) is 76.0 cm³/mol. The highest BCUT2D eigenvalue weighted by Gasteiger charge is 2.17. The molecule has 21 heavy (non-hydrogen) atoms. The van der Waals surface area contributed by atoms with E-state index in [0.717, 1.165) is 12.1 Å². The van der Waals surface area contributed by atoms with Gasteiger partial charge in [0.05, 0.1) is 5.56 Å². The molecule has 0 radical (unpaired) electrons. The lowest BCUT2D eigenvalue weighted by Gasteiger charge is -2.14. The van der Waals surface area contributed by atoms with Crippen LogP contribution in [0.2, 0.25) is 0 Å². The average Bonchev–Trinajstić information content (AvgIpc) is 2.45. The molecular formula is C15H17FN2O3. The molecule has 0 saturated heterocycles. The molecule has 1 unspecified atom stereocenters. The van der Waals surface area contributed by atoms with Gasteiger partial charge in [0.15, 0.2) is 0 Å². The van der Waals surface area contributed by atoms with Crippen LogP contribution in [0, 0.1) is 17.7 Å². The normalized spacial score (nSPS) is 11.0. The van der Waals surface area contributed by atoms with Crippen LogP contribution in [0.25, 0.3) is 0 Å². The first-order valence-corrected chi connectivity index (χ1v) is 6.47. The van der Waals surface area contributed by atoms with Crippen LogP contribution in [0.1, 0.15) is 29.8 Å². The molecule has 1 rings (SSSR count). The molecule has 0 aliphatic heterocycles. The molecule has 3 N–H and O–H groups in total. The van der Waals surface area contributed by atoms with Gasteiger partial charge in [-0.25, -0.2) is 4.39 Å². The van der Waals surface area contributed by atoms with Gasteiger partial charge < -0.3 is 15.7 Å². The monoisotopic (exact) mass is 292 g/mol. The topological polar surface area (TPSA) is 78.4 Å². The Labute approximate surface area is 122 Å². The fourth-order valence-electron chi connectivity index (χ4n) is 1.62. The summed E-state index contributed by atoms with van der Waals surface area (Å²) in [6.45, 7) is 3.39. The van der Waals surface area contributed by atoms with Crippen LogP contribution in [0.4, 0.5) is 4.39 Å². The minimum Gasteiger partial charge on any atom is -0.384 e. The third-order valence-electron chi connectivity index (χ3n) is 2.62. The maximum absolute atomic E-state index is 13.2. The van der Waals surface area contributed by atoms with Gasteiger partial charge in [0.1, 0.15) is 18.5 Å². The lowest BCUT2D eigenvalue weighted by molar-refractivity contribution is -0.122. The first kappa shape index (κ1) is 16.7. The lowest BCUT2D eigenvalue weighted by Crippen LogP contribution is -2.44. The summed E-state index contributed by atoms with van der Waals surface area (Å²) in [6.07, 6.45) is 0. The molecule has 1 aromatic carbocycles. The zero-order valence-electron chi connectivity index (χ0n) is 11.9. The Kier molecular flexibility index (Phi) is 6.37. The molecule has 1 atom stereocenters. The molecule has 0 spiro atoms. The number of carbonyl (C=O) groups is 2. The Morgan fingerprint density at radius 2 is 2.14 bits per heavy atom. The zero-order valence-corrected chi connectivity index (χ0v) is 11.9. The second kappa shape index (κ2) is 8.02. The summed E-state index contributed by atoms with van der Waals surface area (Å²) in [4.78, 5) is 23.7. The molecule has 6 heteroatoms. The van der Waals surface area contributed by atoms with Crippen molar-refractivity contribution in [2.45, 2.75) is 19.9 Å². The summed E-state index contributed by atoms with van der Waals surface area (Å²) in [5, 5.41) is 13.8. The molecule has 0 aliphatic carbocycles. The van der Waals surface area contributed by atoms with E-state index >= 15 is 0 Å². The summed E-state index contributed by atoms with van der Waals surface area (Å²) >= 11 is 0. The van der Waals surface area contributed by atoms with E-state index in [9.17, 15) is 14.0 Å². The molecule has 1 aromatic rings. The van der Waals surface area contributed by atoms with Gasteiger partial charge >= 0.3 is 0 Å². The van der Waals surface area contributed by atoms with E-state index in [0.29, 0.717) is 6.54 Å². The minimum atomic E-state index is -0.721. The van der Waals surface area contributed by atoms with Crippen LogP contribution in [0.5, 0.6) is 0 Å². The van der Waals surface area contributed by atoms with E-state index in [2.05, 4.69) is 22.5 Å². The number of aliphatic hydroxyl groups is 1. The van der Waals surface area contributed by atoms with E-state index in [-0.39, 0.29) is 17.0 Å². The van der Waals surface area contributed by atoms with Crippen molar-refractivity contribution in [3.05, 3.63) is 35.1 Å². The van der Waals surface area contributed by atoms with Crippen molar-refractivity contribution in [1.82, 2.24) is 10.6 Å². The SMILES string of the molecule is CCNC(=O)C(C)NC(=O)c1ccc(F)cc1C#CCO. The molecule has 5 nitrogen and oxygen atoms in total. The van der Waals surface area contributed by atoms with E-state index in [4.69, 9.17) is 5.11 Å². The Balaban J connectivity index is 2.94. The molecular weight excluding hydrogens is 275 g/mol. The van der Waals surface area contributed by atoms with E-state index in [1.54, 1.807) is 13.8 Å². The first-order valence-electron chi connectivity index (χ1n) is 6.47. The fourth-order valence-corrected chi connectivity index (χ4v) is 1.62. The maximum atomic E-state index is 13.2. The number of hydrogen-bond acceptors (Lipinski definition) is 3. The molecule has 0 saturated carbocycles. The number of likely N-dealkylation sites (N-methyl/N-ethyl adjacent to an activating group) is 1. The molecule has 0 fully saturated rings. The van der Waals surface area contributed by atoms with Crippen LogP contribution < -0.4 is 10.6 Å². The number of carbonyl (C=O) groups excluding carboxylic acids is 2. The molecule has 112 valence electrons. The Bertz CT molecular complexity index is 590. The van der Waals surface area contributed by atoms with Gasteiger partial charge in [-0.3, -0.25) is 9.59 Å². The number of rotatable bonds is 4. The molecule has 0 aromatic heterocycles. The van der Waals surface area contributed by atoms with Crippen LogP contribution in [0.15, 0.2) is 18.2 Å². The standard InChI is InChI=1S/C15H17FN2O3/c1-3-17-14(20)10(2)18-15(21)13-7-6-12(16)9-11(13)5-4-8-19/h6-7,9-10,19H,3,8H2,1-2H3,(H,17,20)(H,18,21). The van der Waals surface area contributed by atoms with Gasteiger partial charge in [-0.05, 0) is 32.0 Å². The first-order chi connectivity index (χ1) is 9.99. The highest BCUT2D eigenvalue weighted by atomic mass is 19.1. The number of halogens is 1. The van der Waals surface area contributed by atoms with Gasteiger partial charge in [0, 0.05) is 12.1 Å². The Hall–Kier alpha value is -2.39. The lowest BCUT2D eigenvalue weighted by atomic mass is 10.1. The molecule has 2 amide bonds. The summed E-state index contributed by atoms with van der Waals surface area (Å²) in [6, 6.07) is 2.81. The third-order valence-corrected chi connectivity index (χ3v) is 2.62. The predicted octanol–water partition coefficient (Wildman–Crippen LogP) is 0.424. The number of amides is 2. The van der Waals surface area contributed by atoms with Crippen molar-refractivity contribution >= 4 is 11.8 Å². The summed E-state index contributed by atoms with van der Waals surface area (Å²) in [5.74, 6) is 3.50. The Morgan fingerprint density at radius 3 is 2.76 bits per heavy atom. The fraction of sp³-hybridized carbons (Fsp3) is 0.333. The highest BCUT2D eigenvalue weighted by molar-refractivity contribution is 5.99. The van der Waals surface area contributed by atoms with Crippen molar-refractivity contribution in [2.24, 2.45) is 0 Å². The zero-order chi connectivity index (χ0) is 15.8. The molecule has 0 bridgehead atoms. The minimum absolute atomic E-state index is 0.147. The second-order valence-corrected chi connectivity index (χ2v) is 4.24. The Morgan fingerprint density at radius 1 is 1.43 bits per heavy atom. The van der Waals surface area contributed by atoms with Gasteiger partial charge in [0.25, 0.3) is 5.91 Å². The summed E-state index contributed by atoms with van der Waals surface area (Å²) in [5.41, 5.74) is 0.304. The average molecular weight is 292 g/mol. The van der Waals surface area contributed by atoms with E-state index in [1.165, 1.54) is 6.07 Å². The van der Waals surface area contributed by atoms with Gasteiger partial charge in [-0.1, -0.05) is 11.8 Å². The van der Waals surface area contributed by atoms with Crippen molar-refractivity contribution in [1.29, 1.82) is 0 Å². The quantitative estimate of drug-likeness (QED) is 0.704. The largest absolute Gasteiger partial charge is 0.384 e. The maximum Gasteiger partial charge on any atom is 0.253 e. The van der Waals surface area contributed by atoms with Crippen LogP contribution >= 0.6 is 0 Å². The second-order valence-electron chi connectivity index (χ2n) is 4.24. The van der Waals surface area contributed by atoms with Gasteiger partial charge in [-0.2, -0.15) is 0 Å². The van der Waals surface area contributed by atoms with Crippen LogP contribution in [-0.2, 0) is 4.79 Å². The molecule has 0 aliphatic rings. The number of benzene rings is 1. The van der Waals surface area contributed by atoms with Crippen LogP contribution in [-0.4, -0.2) is 36.1 Å². The van der Waals surface area contributed by atoms with Crippen LogP contribution in [0.3, 0.4) is 0 Å². The van der Waals surface area contributed by atoms with Crippen molar-refractivity contribution in [3.8, 4) is 11.8 Å². The number of aliphatic hydroxyl groups excluding tert-OH is 1. The number of hydrogen-bond donors (Lipinski definition) is 3. The smallest absolute Gasteiger partial charge is 0.253 e. The summed E-state index contributed by atoms with van der Waals surface area (Å²) in [7, 11) is 0. The van der Waals surface area contributed by atoms with E-state index in [1.807, 2.05) is 0 Å². The number of nitrogens with one attached hydrogen (secondary N) is 2. The van der Waals surface area contributed by atoms with Crippen molar-refractivity contribution < 1.29 is 19.1 Å². The van der Waals surface area contributed by atoms with E-state index < -0.39 is 24.4 Å². The third kappa shape index (κ3) is 4.89. The van der Waals surface area contributed by atoms with Gasteiger partial charge in [-0.15, -0.1) is 0 Å². The molecule has 0 heterocycles. The van der Waals surface area contributed by atoms with Crippen molar-refractivity contribution in [2.75, 3.05) is 13.2 Å². The summed E-state index contributed by atoms with van der Waals surface area (Å²) < 4.78 is 13.2.